The molecule has 1 atom stereocenters. The first kappa shape index (κ1) is 12.6. The molecule has 0 aliphatic rings. The molecule has 16 heavy (non-hydrogen) atoms. The van der Waals surface area contributed by atoms with Gasteiger partial charge in [0.25, 0.3) is 0 Å². The maximum absolute atomic E-state index is 11.3. The van der Waals surface area contributed by atoms with Crippen LogP contribution in [0.3, 0.4) is 0 Å². The second kappa shape index (κ2) is 6.22. The number of carbonyl (C=O) groups is 1. The molecule has 0 bridgehead atoms. The van der Waals surface area contributed by atoms with Gasteiger partial charge in [0.1, 0.15) is 6.04 Å². The number of benzene rings is 1. The second-order valence-electron chi connectivity index (χ2n) is 3.53. The lowest BCUT2D eigenvalue weighted by molar-refractivity contribution is -0.123. The van der Waals surface area contributed by atoms with Gasteiger partial charge < -0.3 is 21.9 Å². The Morgan fingerprint density at radius 2 is 2.12 bits per heavy atom. The number of hydrogen-bond acceptors (Lipinski definition) is 4. The summed E-state index contributed by atoms with van der Waals surface area (Å²) in [4.78, 5) is 11.3. The van der Waals surface area contributed by atoms with Gasteiger partial charge in [0.2, 0.25) is 5.91 Å². The first-order valence-corrected chi connectivity index (χ1v) is 5.09. The van der Waals surface area contributed by atoms with Crippen LogP contribution in [-0.2, 0) is 17.9 Å². The summed E-state index contributed by atoms with van der Waals surface area (Å²) in [6.45, 7) is 0.507. The number of carbonyl (C=O) groups excluding carboxylic acids is 1. The highest BCUT2D eigenvalue weighted by molar-refractivity contribution is 5.81. The van der Waals surface area contributed by atoms with E-state index < -0.39 is 6.04 Å². The number of hydrogen-bond donors (Lipinski definition) is 4. The SMILES string of the molecule is NCc1cccc(CNC(=O)C(N)CO)c1. The number of amides is 1. The van der Waals surface area contributed by atoms with E-state index in [4.69, 9.17) is 16.6 Å². The van der Waals surface area contributed by atoms with E-state index in [9.17, 15) is 4.79 Å². The van der Waals surface area contributed by atoms with Crippen LogP contribution >= 0.6 is 0 Å². The molecule has 0 saturated heterocycles. The van der Waals surface area contributed by atoms with Gasteiger partial charge in [-0.15, -0.1) is 0 Å². The van der Waals surface area contributed by atoms with Crippen molar-refractivity contribution in [2.75, 3.05) is 6.61 Å². The van der Waals surface area contributed by atoms with E-state index in [0.717, 1.165) is 11.1 Å². The van der Waals surface area contributed by atoms with Crippen molar-refractivity contribution in [3.05, 3.63) is 35.4 Å². The summed E-state index contributed by atoms with van der Waals surface area (Å²) >= 11 is 0. The molecule has 1 aromatic rings. The molecule has 1 unspecified atom stereocenters. The van der Waals surface area contributed by atoms with Gasteiger partial charge in [-0.2, -0.15) is 0 Å². The summed E-state index contributed by atoms with van der Waals surface area (Å²) in [6, 6.07) is 6.76. The number of aliphatic hydroxyl groups is 1. The van der Waals surface area contributed by atoms with Crippen molar-refractivity contribution in [1.29, 1.82) is 0 Å². The fourth-order valence-electron chi connectivity index (χ4n) is 1.27. The number of nitrogens with one attached hydrogen (secondary N) is 1. The topological polar surface area (TPSA) is 101 Å². The summed E-state index contributed by atoms with van der Waals surface area (Å²) in [5.41, 5.74) is 12.8. The van der Waals surface area contributed by atoms with Crippen LogP contribution in [0.15, 0.2) is 24.3 Å². The highest BCUT2D eigenvalue weighted by Gasteiger charge is 2.10. The molecule has 5 heteroatoms. The largest absolute Gasteiger partial charge is 0.394 e. The van der Waals surface area contributed by atoms with Crippen LogP contribution in [0.2, 0.25) is 0 Å². The smallest absolute Gasteiger partial charge is 0.239 e. The summed E-state index contributed by atoms with van der Waals surface area (Å²) in [5, 5.41) is 11.3. The van der Waals surface area contributed by atoms with Gasteiger partial charge >= 0.3 is 0 Å². The number of rotatable bonds is 5. The molecule has 5 nitrogen and oxygen atoms in total. The van der Waals surface area contributed by atoms with Gasteiger partial charge in [-0.05, 0) is 11.1 Å². The Balaban J connectivity index is 2.51. The molecule has 0 saturated carbocycles. The number of nitrogens with two attached hydrogens (primary N) is 2. The van der Waals surface area contributed by atoms with Crippen molar-refractivity contribution in [3.8, 4) is 0 Å². The second-order valence-corrected chi connectivity index (χ2v) is 3.53. The molecule has 88 valence electrons. The molecule has 1 rings (SSSR count). The molecule has 1 amide bonds. The van der Waals surface area contributed by atoms with Crippen molar-refractivity contribution in [1.82, 2.24) is 5.32 Å². The molecule has 0 radical (unpaired) electrons. The maximum atomic E-state index is 11.3. The summed E-state index contributed by atoms with van der Waals surface area (Å²) in [6.07, 6.45) is 0. The van der Waals surface area contributed by atoms with Crippen molar-refractivity contribution in [2.45, 2.75) is 19.1 Å². The van der Waals surface area contributed by atoms with E-state index in [2.05, 4.69) is 5.32 Å². The third-order valence-electron chi connectivity index (χ3n) is 2.23. The molecule has 0 spiro atoms. The van der Waals surface area contributed by atoms with Crippen LogP contribution in [0.25, 0.3) is 0 Å². The summed E-state index contributed by atoms with van der Waals surface area (Å²) < 4.78 is 0. The highest BCUT2D eigenvalue weighted by atomic mass is 16.3. The van der Waals surface area contributed by atoms with Crippen LogP contribution in [0.4, 0.5) is 0 Å². The Hall–Kier alpha value is -1.43. The Bertz CT molecular complexity index is 355. The Labute approximate surface area is 94.4 Å². The average molecular weight is 223 g/mol. The van der Waals surface area contributed by atoms with Crippen LogP contribution in [0.1, 0.15) is 11.1 Å². The minimum Gasteiger partial charge on any atom is -0.394 e. The number of aliphatic hydroxyl groups excluding tert-OH is 1. The average Bonchev–Trinajstić information content (AvgIpc) is 2.35. The van der Waals surface area contributed by atoms with Crippen molar-refractivity contribution in [3.63, 3.8) is 0 Å². The lowest BCUT2D eigenvalue weighted by atomic mass is 10.1. The van der Waals surface area contributed by atoms with Crippen LogP contribution in [-0.4, -0.2) is 23.7 Å². The molecule has 0 aliphatic heterocycles. The molecule has 0 fully saturated rings. The van der Waals surface area contributed by atoms with E-state index in [1.54, 1.807) is 0 Å². The van der Waals surface area contributed by atoms with Crippen LogP contribution in [0.5, 0.6) is 0 Å². The van der Waals surface area contributed by atoms with Crippen molar-refractivity contribution < 1.29 is 9.90 Å². The van der Waals surface area contributed by atoms with E-state index in [1.165, 1.54) is 0 Å². The zero-order valence-electron chi connectivity index (χ0n) is 9.02. The monoisotopic (exact) mass is 223 g/mol. The minimum absolute atomic E-state index is 0.353. The third kappa shape index (κ3) is 3.62. The van der Waals surface area contributed by atoms with E-state index in [-0.39, 0.29) is 12.5 Å². The van der Waals surface area contributed by atoms with Gasteiger partial charge in [0.15, 0.2) is 0 Å². The minimum atomic E-state index is -0.863. The predicted molar refractivity (Wildman–Crippen MR) is 61.2 cm³/mol. The fourth-order valence-corrected chi connectivity index (χ4v) is 1.27. The van der Waals surface area contributed by atoms with E-state index >= 15 is 0 Å². The lowest BCUT2D eigenvalue weighted by Crippen LogP contribution is -2.42. The van der Waals surface area contributed by atoms with Gasteiger partial charge in [-0.25, -0.2) is 0 Å². The lowest BCUT2D eigenvalue weighted by Gasteiger charge is -2.10. The highest BCUT2D eigenvalue weighted by Crippen LogP contribution is 2.04. The van der Waals surface area contributed by atoms with Gasteiger partial charge in [0.05, 0.1) is 6.61 Å². The molecule has 0 aromatic heterocycles. The zero-order chi connectivity index (χ0) is 12.0. The Morgan fingerprint density at radius 3 is 2.75 bits per heavy atom. The molecule has 0 aliphatic carbocycles. The first-order valence-electron chi connectivity index (χ1n) is 5.09. The van der Waals surface area contributed by atoms with E-state index in [1.807, 2.05) is 24.3 Å². The molecular formula is C11H17N3O2. The quantitative estimate of drug-likeness (QED) is 0.518. The van der Waals surface area contributed by atoms with Gasteiger partial charge in [-0.1, -0.05) is 24.3 Å². The molecular weight excluding hydrogens is 206 g/mol. The van der Waals surface area contributed by atoms with Crippen LogP contribution in [0, 0.1) is 0 Å². The Morgan fingerprint density at radius 1 is 1.44 bits per heavy atom. The Kier molecular flexibility index (Phi) is 4.91. The normalized spacial score (nSPS) is 12.2. The standard InChI is InChI=1S/C11H17N3O2/c12-5-8-2-1-3-9(4-8)6-14-11(16)10(13)7-15/h1-4,10,15H,5-7,12-13H2,(H,14,16). The molecule has 0 heterocycles. The zero-order valence-corrected chi connectivity index (χ0v) is 9.02. The van der Waals surface area contributed by atoms with E-state index in [0.29, 0.717) is 13.1 Å². The van der Waals surface area contributed by atoms with Gasteiger partial charge in [0, 0.05) is 13.1 Å². The van der Waals surface area contributed by atoms with Crippen molar-refractivity contribution >= 4 is 5.91 Å². The third-order valence-corrected chi connectivity index (χ3v) is 2.23. The fraction of sp³-hybridized carbons (Fsp3) is 0.364. The molecule has 1 aromatic carbocycles. The van der Waals surface area contributed by atoms with Crippen molar-refractivity contribution in [2.24, 2.45) is 11.5 Å². The van der Waals surface area contributed by atoms with Gasteiger partial charge in [-0.3, -0.25) is 4.79 Å². The first-order chi connectivity index (χ1) is 7.67. The molecule has 6 N–H and O–H groups in total. The summed E-state index contributed by atoms with van der Waals surface area (Å²) in [7, 11) is 0. The summed E-state index contributed by atoms with van der Waals surface area (Å²) in [5.74, 6) is -0.361. The van der Waals surface area contributed by atoms with Crippen LogP contribution < -0.4 is 16.8 Å². The predicted octanol–water partition coefficient (Wildman–Crippen LogP) is -0.919. The maximum Gasteiger partial charge on any atom is 0.239 e.